The van der Waals surface area contributed by atoms with E-state index in [1.165, 1.54) is 12.1 Å². The van der Waals surface area contributed by atoms with Gasteiger partial charge in [-0.05, 0) is 62.5 Å². The minimum atomic E-state index is -0.367. The summed E-state index contributed by atoms with van der Waals surface area (Å²) in [7, 11) is 0. The van der Waals surface area contributed by atoms with Crippen molar-refractivity contribution in [2.24, 2.45) is 0 Å². The minimum Gasteiger partial charge on any atom is -0.487 e. The van der Waals surface area contributed by atoms with Gasteiger partial charge in [-0.3, -0.25) is 0 Å². The summed E-state index contributed by atoms with van der Waals surface area (Å²) in [6, 6.07) is 11.7. The predicted molar refractivity (Wildman–Crippen MR) is 99.3 cm³/mol. The fourth-order valence-electron chi connectivity index (χ4n) is 2.85. The van der Waals surface area contributed by atoms with Gasteiger partial charge in [0.25, 0.3) is 0 Å². The third-order valence-corrected chi connectivity index (χ3v) is 4.27. The Bertz CT molecular complexity index is 781. The van der Waals surface area contributed by atoms with E-state index in [4.69, 9.17) is 28.6 Å². The van der Waals surface area contributed by atoms with Crippen molar-refractivity contribution in [1.82, 2.24) is 5.32 Å². The number of halogens is 2. The molecule has 1 heterocycles. The predicted octanol–water partition coefficient (Wildman–Crippen LogP) is 5.07. The van der Waals surface area contributed by atoms with Crippen LogP contribution in [-0.4, -0.2) is 10.7 Å². The number of anilines is 1. The summed E-state index contributed by atoms with van der Waals surface area (Å²) in [4.78, 5) is 0. The second-order valence-corrected chi connectivity index (χ2v) is 7.25. The van der Waals surface area contributed by atoms with Gasteiger partial charge in [0.2, 0.25) is 0 Å². The standard InChI is InChI=1S/C18H18ClFN2OS/c1-18(2)10-15(14-9-12(20)6-7-16(14)23-18)22-17(24)21-13-5-3-4-11(19)8-13/h3-9,15H,10H2,1-2H3,(H2,21,22,24)/t15-/m1/s1. The van der Waals surface area contributed by atoms with Crippen LogP contribution in [-0.2, 0) is 0 Å². The summed E-state index contributed by atoms with van der Waals surface area (Å²) < 4.78 is 19.6. The Balaban J connectivity index is 1.79. The zero-order valence-corrected chi connectivity index (χ0v) is 15.0. The lowest BCUT2D eigenvalue weighted by Crippen LogP contribution is -2.42. The smallest absolute Gasteiger partial charge is 0.171 e. The van der Waals surface area contributed by atoms with Gasteiger partial charge in [0, 0.05) is 22.7 Å². The molecule has 0 aliphatic carbocycles. The van der Waals surface area contributed by atoms with Crippen molar-refractivity contribution in [3.63, 3.8) is 0 Å². The first kappa shape index (κ1) is 17.0. The van der Waals surface area contributed by atoms with E-state index in [-0.39, 0.29) is 17.5 Å². The molecule has 1 aliphatic heterocycles. The fourth-order valence-corrected chi connectivity index (χ4v) is 3.30. The molecule has 126 valence electrons. The SMILES string of the molecule is CC1(C)C[C@@H](NC(=S)Nc2cccc(Cl)c2)c2cc(F)ccc2O1. The molecule has 0 spiro atoms. The van der Waals surface area contributed by atoms with Gasteiger partial charge in [0.15, 0.2) is 5.11 Å². The summed E-state index contributed by atoms with van der Waals surface area (Å²) in [6.45, 7) is 4.00. The maximum atomic E-state index is 13.6. The highest BCUT2D eigenvalue weighted by atomic mass is 35.5. The summed E-state index contributed by atoms with van der Waals surface area (Å²) in [5.41, 5.74) is 1.20. The molecular weight excluding hydrogens is 347 g/mol. The Hall–Kier alpha value is -1.85. The van der Waals surface area contributed by atoms with Crippen molar-refractivity contribution in [1.29, 1.82) is 0 Å². The van der Waals surface area contributed by atoms with Crippen molar-refractivity contribution in [3.05, 3.63) is 58.9 Å². The van der Waals surface area contributed by atoms with Gasteiger partial charge in [-0.15, -0.1) is 0 Å². The molecule has 0 aromatic heterocycles. The van der Waals surface area contributed by atoms with Crippen LogP contribution in [0.5, 0.6) is 5.75 Å². The van der Waals surface area contributed by atoms with Crippen molar-refractivity contribution in [3.8, 4) is 5.75 Å². The molecule has 2 aromatic carbocycles. The van der Waals surface area contributed by atoms with Gasteiger partial charge < -0.3 is 15.4 Å². The van der Waals surface area contributed by atoms with Gasteiger partial charge in [-0.1, -0.05) is 17.7 Å². The molecule has 3 nitrogen and oxygen atoms in total. The normalized spacial score (nSPS) is 18.2. The lowest BCUT2D eigenvalue weighted by Gasteiger charge is -2.38. The first-order valence-electron chi connectivity index (χ1n) is 7.64. The maximum absolute atomic E-state index is 13.6. The summed E-state index contributed by atoms with van der Waals surface area (Å²) >= 11 is 11.4. The Labute approximate surface area is 151 Å². The zero-order valence-electron chi connectivity index (χ0n) is 13.4. The average molecular weight is 365 g/mol. The topological polar surface area (TPSA) is 33.3 Å². The zero-order chi connectivity index (χ0) is 17.3. The molecular formula is C18H18ClFN2OS. The van der Waals surface area contributed by atoms with E-state index >= 15 is 0 Å². The van der Waals surface area contributed by atoms with Crippen LogP contribution in [0.1, 0.15) is 31.9 Å². The summed E-state index contributed by atoms with van der Waals surface area (Å²) in [6.07, 6.45) is 0.667. The average Bonchev–Trinajstić information content (AvgIpc) is 2.47. The highest BCUT2D eigenvalue weighted by molar-refractivity contribution is 7.80. The van der Waals surface area contributed by atoms with Crippen LogP contribution < -0.4 is 15.4 Å². The molecule has 0 saturated heterocycles. The third-order valence-electron chi connectivity index (χ3n) is 3.82. The van der Waals surface area contributed by atoms with Gasteiger partial charge in [0.1, 0.15) is 17.2 Å². The molecule has 0 amide bonds. The van der Waals surface area contributed by atoms with Crippen LogP contribution >= 0.6 is 23.8 Å². The van der Waals surface area contributed by atoms with E-state index in [1.807, 2.05) is 26.0 Å². The van der Waals surface area contributed by atoms with E-state index in [9.17, 15) is 4.39 Å². The highest BCUT2D eigenvalue weighted by Gasteiger charge is 2.34. The molecule has 2 N–H and O–H groups in total. The van der Waals surface area contributed by atoms with E-state index in [1.54, 1.807) is 18.2 Å². The molecule has 3 rings (SSSR count). The van der Waals surface area contributed by atoms with Crippen LogP contribution in [0.3, 0.4) is 0 Å². The quantitative estimate of drug-likeness (QED) is 0.729. The first-order valence-corrected chi connectivity index (χ1v) is 8.43. The van der Waals surface area contributed by atoms with Gasteiger partial charge in [0.05, 0.1) is 6.04 Å². The number of benzene rings is 2. The molecule has 1 atom stereocenters. The Morgan fingerprint density at radius 2 is 2.08 bits per heavy atom. The number of nitrogens with one attached hydrogen (secondary N) is 2. The first-order chi connectivity index (χ1) is 11.3. The number of hydrogen-bond acceptors (Lipinski definition) is 2. The second-order valence-electron chi connectivity index (χ2n) is 6.41. The molecule has 1 aliphatic rings. The molecule has 6 heteroatoms. The number of rotatable bonds is 2. The van der Waals surface area contributed by atoms with Crippen LogP contribution in [0, 0.1) is 5.82 Å². The number of thiocarbonyl (C=S) groups is 1. The van der Waals surface area contributed by atoms with Gasteiger partial charge >= 0.3 is 0 Å². The van der Waals surface area contributed by atoms with E-state index in [2.05, 4.69) is 10.6 Å². The Morgan fingerprint density at radius 1 is 1.29 bits per heavy atom. The molecule has 0 unspecified atom stereocenters. The van der Waals surface area contributed by atoms with Crippen LogP contribution in [0.4, 0.5) is 10.1 Å². The number of fused-ring (bicyclic) bond motifs is 1. The molecule has 0 saturated carbocycles. The van der Waals surface area contributed by atoms with Crippen LogP contribution in [0.15, 0.2) is 42.5 Å². The van der Waals surface area contributed by atoms with E-state index in [0.717, 1.165) is 11.3 Å². The summed E-state index contributed by atoms with van der Waals surface area (Å²) in [5.74, 6) is 0.383. The second kappa shape index (κ2) is 6.57. The van der Waals surface area contributed by atoms with Crippen molar-refractivity contribution in [2.45, 2.75) is 31.9 Å². The largest absolute Gasteiger partial charge is 0.487 e. The molecule has 0 bridgehead atoms. The monoisotopic (exact) mass is 364 g/mol. The van der Waals surface area contributed by atoms with E-state index in [0.29, 0.717) is 22.3 Å². The Morgan fingerprint density at radius 3 is 2.83 bits per heavy atom. The Kier molecular flexibility index (Phi) is 4.65. The number of ether oxygens (including phenoxy) is 1. The van der Waals surface area contributed by atoms with Crippen LogP contribution in [0.2, 0.25) is 5.02 Å². The van der Waals surface area contributed by atoms with Crippen molar-refractivity contribution < 1.29 is 9.13 Å². The van der Waals surface area contributed by atoms with Gasteiger partial charge in [-0.25, -0.2) is 4.39 Å². The minimum absolute atomic E-state index is 0.140. The summed E-state index contributed by atoms with van der Waals surface area (Å²) in [5, 5.41) is 7.44. The molecule has 0 fully saturated rings. The van der Waals surface area contributed by atoms with Crippen molar-refractivity contribution >= 4 is 34.6 Å². The fraction of sp³-hybridized carbons (Fsp3) is 0.278. The highest BCUT2D eigenvalue weighted by Crippen LogP contribution is 2.39. The van der Waals surface area contributed by atoms with Crippen molar-refractivity contribution in [2.75, 3.05) is 5.32 Å². The number of hydrogen-bond donors (Lipinski definition) is 2. The van der Waals surface area contributed by atoms with Crippen LogP contribution in [0.25, 0.3) is 0 Å². The molecule has 24 heavy (non-hydrogen) atoms. The maximum Gasteiger partial charge on any atom is 0.171 e. The van der Waals surface area contributed by atoms with E-state index < -0.39 is 0 Å². The molecule has 2 aromatic rings. The lowest BCUT2D eigenvalue weighted by molar-refractivity contribution is 0.0694. The lowest BCUT2D eigenvalue weighted by atomic mass is 9.90. The molecule has 0 radical (unpaired) electrons. The van der Waals surface area contributed by atoms with Gasteiger partial charge in [-0.2, -0.15) is 0 Å². The third kappa shape index (κ3) is 3.97.